The Morgan fingerprint density at radius 1 is 1.21 bits per heavy atom. The fraction of sp³-hybridized carbons (Fsp3) is 0.636. The minimum absolute atomic E-state index is 0.0411. The lowest BCUT2D eigenvalue weighted by atomic mass is 10.1. The van der Waals surface area contributed by atoms with Crippen LogP contribution in [0.25, 0.3) is 0 Å². The average Bonchev–Trinajstić information content (AvgIpc) is 2.70. The molecule has 0 amide bonds. The van der Waals surface area contributed by atoms with Crippen LogP contribution in [0.5, 0.6) is 0 Å². The standard InChI is InChI=1S/C11H15NO2/c1-8(13)11-9(4-5-10(11)14)12-6-2-3-7-12/h2-7H2,1H3. The summed E-state index contributed by atoms with van der Waals surface area (Å²) in [6, 6.07) is 0. The highest BCUT2D eigenvalue weighted by molar-refractivity contribution is 6.21. The quantitative estimate of drug-likeness (QED) is 0.620. The lowest BCUT2D eigenvalue weighted by Gasteiger charge is -2.19. The molecule has 1 aliphatic heterocycles. The van der Waals surface area contributed by atoms with Gasteiger partial charge in [0.05, 0.1) is 5.57 Å². The Balaban J connectivity index is 2.29. The lowest BCUT2D eigenvalue weighted by molar-refractivity contribution is -0.119. The van der Waals surface area contributed by atoms with Gasteiger partial charge in [-0.25, -0.2) is 0 Å². The Hall–Kier alpha value is -1.12. The molecule has 1 fully saturated rings. The molecule has 2 rings (SSSR count). The summed E-state index contributed by atoms with van der Waals surface area (Å²) in [7, 11) is 0. The van der Waals surface area contributed by atoms with Gasteiger partial charge in [-0.05, 0) is 26.2 Å². The van der Waals surface area contributed by atoms with Crippen LogP contribution >= 0.6 is 0 Å². The molecule has 0 spiro atoms. The molecule has 14 heavy (non-hydrogen) atoms. The van der Waals surface area contributed by atoms with Crippen molar-refractivity contribution in [2.45, 2.75) is 32.6 Å². The Labute approximate surface area is 83.8 Å². The molecule has 0 aromatic heterocycles. The first kappa shape index (κ1) is 9.44. The van der Waals surface area contributed by atoms with Crippen LogP contribution in [0, 0.1) is 0 Å². The van der Waals surface area contributed by atoms with Crippen molar-refractivity contribution in [3.05, 3.63) is 11.3 Å². The molecule has 1 saturated heterocycles. The maximum absolute atomic E-state index is 11.5. The summed E-state index contributed by atoms with van der Waals surface area (Å²) in [5.74, 6) is -0.0196. The van der Waals surface area contributed by atoms with E-state index >= 15 is 0 Å². The van der Waals surface area contributed by atoms with E-state index in [-0.39, 0.29) is 11.6 Å². The fourth-order valence-electron chi connectivity index (χ4n) is 2.35. The summed E-state index contributed by atoms with van der Waals surface area (Å²) >= 11 is 0. The third kappa shape index (κ3) is 1.47. The van der Waals surface area contributed by atoms with Gasteiger partial charge >= 0.3 is 0 Å². The normalized spacial score (nSPS) is 22.4. The zero-order valence-corrected chi connectivity index (χ0v) is 8.51. The zero-order valence-electron chi connectivity index (χ0n) is 8.51. The number of Topliss-reactive ketones (excluding diaryl/α,β-unsaturated/α-hetero) is 2. The molecular weight excluding hydrogens is 178 g/mol. The van der Waals surface area contributed by atoms with E-state index in [0.717, 1.165) is 25.2 Å². The first-order valence-corrected chi connectivity index (χ1v) is 5.22. The van der Waals surface area contributed by atoms with Crippen LogP contribution in [-0.4, -0.2) is 29.6 Å². The Kier molecular flexibility index (Phi) is 2.40. The van der Waals surface area contributed by atoms with Gasteiger partial charge in [0.2, 0.25) is 0 Å². The number of nitrogens with zero attached hydrogens (tertiary/aromatic N) is 1. The Morgan fingerprint density at radius 2 is 1.86 bits per heavy atom. The highest BCUT2D eigenvalue weighted by Gasteiger charge is 2.30. The van der Waals surface area contributed by atoms with Crippen molar-refractivity contribution in [2.24, 2.45) is 0 Å². The van der Waals surface area contributed by atoms with E-state index in [0.29, 0.717) is 12.0 Å². The minimum atomic E-state index is -0.0607. The van der Waals surface area contributed by atoms with Crippen LogP contribution < -0.4 is 0 Å². The highest BCUT2D eigenvalue weighted by Crippen LogP contribution is 2.29. The molecule has 0 unspecified atom stereocenters. The molecular formula is C11H15NO2. The van der Waals surface area contributed by atoms with Crippen LogP contribution in [0.1, 0.15) is 32.6 Å². The Bertz CT molecular complexity index is 311. The summed E-state index contributed by atoms with van der Waals surface area (Å²) in [4.78, 5) is 25.0. The van der Waals surface area contributed by atoms with Gasteiger partial charge < -0.3 is 4.90 Å². The van der Waals surface area contributed by atoms with Crippen LogP contribution in [0.15, 0.2) is 11.3 Å². The van der Waals surface area contributed by atoms with Crippen LogP contribution in [0.3, 0.4) is 0 Å². The molecule has 3 heteroatoms. The molecule has 0 bridgehead atoms. The summed E-state index contributed by atoms with van der Waals surface area (Å²) < 4.78 is 0. The van der Waals surface area contributed by atoms with Crippen molar-refractivity contribution in [1.29, 1.82) is 0 Å². The fourth-order valence-corrected chi connectivity index (χ4v) is 2.35. The van der Waals surface area contributed by atoms with Gasteiger partial charge in [-0.3, -0.25) is 9.59 Å². The lowest BCUT2D eigenvalue weighted by Crippen LogP contribution is -2.20. The van der Waals surface area contributed by atoms with Crippen LogP contribution in [0.2, 0.25) is 0 Å². The van der Waals surface area contributed by atoms with Crippen molar-refractivity contribution in [2.75, 3.05) is 13.1 Å². The van der Waals surface area contributed by atoms with Crippen molar-refractivity contribution >= 4 is 11.6 Å². The predicted octanol–water partition coefficient (Wildman–Crippen LogP) is 1.29. The van der Waals surface area contributed by atoms with E-state index < -0.39 is 0 Å². The second-order valence-electron chi connectivity index (χ2n) is 4.00. The predicted molar refractivity (Wildman–Crippen MR) is 52.8 cm³/mol. The van der Waals surface area contributed by atoms with Crippen molar-refractivity contribution < 1.29 is 9.59 Å². The largest absolute Gasteiger partial charge is 0.374 e. The van der Waals surface area contributed by atoms with Gasteiger partial charge in [-0.1, -0.05) is 0 Å². The second kappa shape index (κ2) is 3.56. The summed E-state index contributed by atoms with van der Waals surface area (Å²) in [6.45, 7) is 3.52. The van der Waals surface area contributed by atoms with E-state index in [4.69, 9.17) is 0 Å². The topological polar surface area (TPSA) is 37.4 Å². The van der Waals surface area contributed by atoms with Crippen LogP contribution in [-0.2, 0) is 9.59 Å². The molecule has 1 heterocycles. The first-order valence-electron chi connectivity index (χ1n) is 5.22. The molecule has 0 aromatic rings. The molecule has 0 N–H and O–H groups in total. The first-order chi connectivity index (χ1) is 6.70. The zero-order chi connectivity index (χ0) is 10.1. The molecule has 0 atom stereocenters. The van der Waals surface area contributed by atoms with E-state index in [9.17, 15) is 9.59 Å². The summed E-state index contributed by atoms with van der Waals surface area (Å²) in [5.41, 5.74) is 1.49. The highest BCUT2D eigenvalue weighted by atomic mass is 16.1. The number of rotatable bonds is 2. The van der Waals surface area contributed by atoms with Gasteiger partial charge in [-0.15, -0.1) is 0 Å². The monoisotopic (exact) mass is 193 g/mol. The van der Waals surface area contributed by atoms with Gasteiger partial charge in [0, 0.05) is 25.2 Å². The van der Waals surface area contributed by atoms with E-state index in [1.54, 1.807) is 0 Å². The third-order valence-electron chi connectivity index (χ3n) is 3.00. The van der Waals surface area contributed by atoms with Crippen LogP contribution in [0.4, 0.5) is 0 Å². The number of allylic oxidation sites excluding steroid dienone is 2. The number of carbonyl (C=O) groups excluding carboxylic acids is 2. The third-order valence-corrected chi connectivity index (χ3v) is 3.00. The molecule has 0 saturated carbocycles. The molecule has 76 valence electrons. The SMILES string of the molecule is CC(=O)C1=C(N2CCCC2)CCC1=O. The molecule has 0 aromatic carbocycles. The van der Waals surface area contributed by atoms with Gasteiger partial charge in [0.1, 0.15) is 0 Å². The number of hydrogen-bond acceptors (Lipinski definition) is 3. The summed E-state index contributed by atoms with van der Waals surface area (Å²) in [6.07, 6.45) is 3.67. The average molecular weight is 193 g/mol. The summed E-state index contributed by atoms with van der Waals surface area (Å²) in [5, 5.41) is 0. The number of likely N-dealkylation sites (tertiary alicyclic amines) is 1. The van der Waals surface area contributed by atoms with Crippen molar-refractivity contribution in [1.82, 2.24) is 4.90 Å². The van der Waals surface area contributed by atoms with Gasteiger partial charge in [-0.2, -0.15) is 0 Å². The van der Waals surface area contributed by atoms with Gasteiger partial charge in [0.15, 0.2) is 11.6 Å². The maximum atomic E-state index is 11.5. The molecule has 2 aliphatic rings. The van der Waals surface area contributed by atoms with Gasteiger partial charge in [0.25, 0.3) is 0 Å². The number of ketones is 2. The number of carbonyl (C=O) groups is 2. The van der Waals surface area contributed by atoms with E-state index in [1.807, 2.05) is 0 Å². The van der Waals surface area contributed by atoms with Crippen molar-refractivity contribution in [3.63, 3.8) is 0 Å². The van der Waals surface area contributed by atoms with E-state index in [2.05, 4.69) is 4.90 Å². The molecule has 1 aliphatic carbocycles. The molecule has 0 radical (unpaired) electrons. The smallest absolute Gasteiger partial charge is 0.168 e. The Morgan fingerprint density at radius 3 is 2.43 bits per heavy atom. The van der Waals surface area contributed by atoms with Crippen molar-refractivity contribution in [3.8, 4) is 0 Å². The van der Waals surface area contributed by atoms with E-state index in [1.165, 1.54) is 19.8 Å². The number of hydrogen-bond donors (Lipinski definition) is 0. The second-order valence-corrected chi connectivity index (χ2v) is 4.00. The minimum Gasteiger partial charge on any atom is -0.374 e. The molecule has 3 nitrogen and oxygen atoms in total. The maximum Gasteiger partial charge on any atom is 0.168 e.